The molecule has 0 aliphatic carbocycles. The van der Waals surface area contributed by atoms with Crippen molar-refractivity contribution in [3.8, 4) is 0 Å². The number of aryl methyl sites for hydroxylation is 1. The van der Waals surface area contributed by atoms with Gasteiger partial charge in [-0.3, -0.25) is 0 Å². The highest BCUT2D eigenvalue weighted by Crippen LogP contribution is 2.07. The molecule has 0 saturated heterocycles. The van der Waals surface area contributed by atoms with E-state index in [9.17, 15) is 0 Å². The Kier molecular flexibility index (Phi) is 5.70. The van der Waals surface area contributed by atoms with E-state index in [1.54, 1.807) is 0 Å². The van der Waals surface area contributed by atoms with Gasteiger partial charge in [0.05, 0.1) is 6.61 Å². The Bertz CT molecular complexity index is 211. The molecule has 0 aliphatic heterocycles. The Morgan fingerprint density at radius 1 is 1.08 bits per heavy atom. The van der Waals surface area contributed by atoms with Crippen molar-refractivity contribution < 1.29 is 5.11 Å². The molecule has 1 rings (SSSR count). The van der Waals surface area contributed by atoms with Crippen molar-refractivity contribution >= 4 is 11.8 Å². The molecule has 0 amide bonds. The second-order valence-corrected chi connectivity index (χ2v) is 4.15. The lowest BCUT2D eigenvalue weighted by Crippen LogP contribution is -1.91. The number of rotatable bonds is 6. The lowest BCUT2D eigenvalue weighted by Gasteiger charge is -2.00. The van der Waals surface area contributed by atoms with Crippen LogP contribution >= 0.6 is 11.8 Å². The normalized spacial score (nSPS) is 10.2. The summed E-state index contributed by atoms with van der Waals surface area (Å²) in [4.78, 5) is 0. The van der Waals surface area contributed by atoms with Gasteiger partial charge in [-0.1, -0.05) is 30.3 Å². The molecule has 0 fully saturated rings. The fraction of sp³-hybridized carbons (Fsp3) is 0.455. The van der Waals surface area contributed by atoms with E-state index in [2.05, 4.69) is 24.3 Å². The third-order valence-corrected chi connectivity index (χ3v) is 2.88. The van der Waals surface area contributed by atoms with Crippen molar-refractivity contribution in [1.29, 1.82) is 0 Å². The first-order chi connectivity index (χ1) is 6.43. The monoisotopic (exact) mass is 196 g/mol. The number of aliphatic hydroxyl groups excluding tert-OH is 1. The highest BCUT2D eigenvalue weighted by molar-refractivity contribution is 7.99. The minimum atomic E-state index is 0.302. The van der Waals surface area contributed by atoms with Crippen LogP contribution in [0.5, 0.6) is 0 Å². The average Bonchev–Trinajstić information content (AvgIpc) is 2.19. The largest absolute Gasteiger partial charge is 0.396 e. The van der Waals surface area contributed by atoms with E-state index in [0.717, 1.165) is 17.9 Å². The maximum Gasteiger partial charge on any atom is 0.0521 e. The van der Waals surface area contributed by atoms with E-state index in [-0.39, 0.29) is 0 Å². The smallest absolute Gasteiger partial charge is 0.0521 e. The average molecular weight is 196 g/mol. The molecule has 0 unspecified atom stereocenters. The molecule has 1 aromatic rings. The van der Waals surface area contributed by atoms with Gasteiger partial charge in [0.15, 0.2) is 0 Å². The molecule has 1 nitrogen and oxygen atoms in total. The van der Waals surface area contributed by atoms with Crippen LogP contribution in [0.4, 0.5) is 0 Å². The van der Waals surface area contributed by atoms with Crippen LogP contribution in [-0.2, 0) is 6.42 Å². The van der Waals surface area contributed by atoms with Crippen LogP contribution in [0.25, 0.3) is 0 Å². The van der Waals surface area contributed by atoms with Gasteiger partial charge in [-0.15, -0.1) is 0 Å². The summed E-state index contributed by atoms with van der Waals surface area (Å²) in [6.45, 7) is 0.302. The third kappa shape index (κ3) is 4.96. The molecule has 0 heterocycles. The van der Waals surface area contributed by atoms with Gasteiger partial charge in [0.1, 0.15) is 0 Å². The fourth-order valence-corrected chi connectivity index (χ4v) is 1.87. The predicted octanol–water partition coefficient (Wildman–Crippen LogP) is 2.34. The summed E-state index contributed by atoms with van der Waals surface area (Å²) >= 11 is 1.82. The van der Waals surface area contributed by atoms with Crippen molar-refractivity contribution in [3.05, 3.63) is 35.9 Å². The molecular weight excluding hydrogens is 180 g/mol. The summed E-state index contributed by atoms with van der Waals surface area (Å²) in [5, 5.41) is 8.56. The van der Waals surface area contributed by atoms with Gasteiger partial charge in [-0.05, 0) is 24.2 Å². The lowest BCUT2D eigenvalue weighted by molar-refractivity contribution is 0.322. The van der Waals surface area contributed by atoms with Crippen LogP contribution in [0.2, 0.25) is 0 Å². The molecule has 0 bridgehead atoms. The summed E-state index contributed by atoms with van der Waals surface area (Å²) in [6.07, 6.45) is 2.36. The maximum atomic E-state index is 8.56. The molecule has 0 aliphatic rings. The summed E-state index contributed by atoms with van der Waals surface area (Å²) in [5.74, 6) is 2.02. The summed E-state index contributed by atoms with van der Waals surface area (Å²) < 4.78 is 0. The lowest BCUT2D eigenvalue weighted by atomic mass is 10.1. The molecule has 72 valence electrons. The first kappa shape index (κ1) is 10.6. The van der Waals surface area contributed by atoms with Crippen LogP contribution in [-0.4, -0.2) is 23.2 Å². The minimum absolute atomic E-state index is 0.302. The van der Waals surface area contributed by atoms with E-state index in [1.807, 2.05) is 17.8 Å². The standard InChI is InChI=1S/C11H16OS/c12-8-10-13-9-4-7-11-5-2-1-3-6-11/h1-3,5-6,12H,4,7-10H2. The Balaban J connectivity index is 2.07. The van der Waals surface area contributed by atoms with Gasteiger partial charge in [-0.2, -0.15) is 11.8 Å². The number of thioether (sulfide) groups is 1. The number of hydrogen-bond donors (Lipinski definition) is 1. The van der Waals surface area contributed by atoms with E-state index in [4.69, 9.17) is 5.11 Å². The first-order valence-electron chi connectivity index (χ1n) is 4.66. The van der Waals surface area contributed by atoms with Crippen molar-refractivity contribution in [3.63, 3.8) is 0 Å². The van der Waals surface area contributed by atoms with Gasteiger partial charge in [0.25, 0.3) is 0 Å². The van der Waals surface area contributed by atoms with Gasteiger partial charge in [-0.25, -0.2) is 0 Å². The van der Waals surface area contributed by atoms with Gasteiger partial charge < -0.3 is 5.11 Å². The molecule has 0 radical (unpaired) electrons. The molecule has 0 saturated carbocycles. The summed E-state index contributed by atoms with van der Waals surface area (Å²) in [5.41, 5.74) is 1.41. The van der Waals surface area contributed by atoms with Crippen LogP contribution in [0, 0.1) is 0 Å². The SMILES string of the molecule is OCCSCCCc1ccccc1. The van der Waals surface area contributed by atoms with Crippen molar-refractivity contribution in [2.45, 2.75) is 12.8 Å². The van der Waals surface area contributed by atoms with Gasteiger partial charge in [0, 0.05) is 5.75 Å². The van der Waals surface area contributed by atoms with Crippen LogP contribution in [0.3, 0.4) is 0 Å². The second kappa shape index (κ2) is 6.98. The summed E-state index contributed by atoms with van der Waals surface area (Å²) in [7, 11) is 0. The first-order valence-corrected chi connectivity index (χ1v) is 5.81. The predicted molar refractivity (Wildman–Crippen MR) is 59.2 cm³/mol. The number of benzene rings is 1. The number of hydrogen-bond acceptors (Lipinski definition) is 2. The maximum absolute atomic E-state index is 8.56. The van der Waals surface area contributed by atoms with Crippen LogP contribution in [0.15, 0.2) is 30.3 Å². The topological polar surface area (TPSA) is 20.2 Å². The van der Waals surface area contributed by atoms with Gasteiger partial charge in [0.2, 0.25) is 0 Å². The quantitative estimate of drug-likeness (QED) is 0.705. The zero-order valence-corrected chi connectivity index (χ0v) is 8.59. The van der Waals surface area contributed by atoms with Crippen molar-refractivity contribution in [2.24, 2.45) is 0 Å². The zero-order valence-electron chi connectivity index (χ0n) is 7.78. The second-order valence-electron chi connectivity index (χ2n) is 2.93. The Labute approximate surface area is 84.2 Å². The van der Waals surface area contributed by atoms with Crippen molar-refractivity contribution in [2.75, 3.05) is 18.1 Å². The highest BCUT2D eigenvalue weighted by Gasteiger charge is 1.91. The number of aliphatic hydroxyl groups is 1. The van der Waals surface area contributed by atoms with Gasteiger partial charge >= 0.3 is 0 Å². The molecule has 0 atom stereocenters. The van der Waals surface area contributed by atoms with E-state index < -0.39 is 0 Å². The van der Waals surface area contributed by atoms with E-state index >= 15 is 0 Å². The molecule has 2 heteroatoms. The molecule has 13 heavy (non-hydrogen) atoms. The van der Waals surface area contributed by atoms with E-state index in [0.29, 0.717) is 6.61 Å². The molecule has 1 N–H and O–H groups in total. The Hall–Kier alpha value is -0.470. The van der Waals surface area contributed by atoms with Crippen molar-refractivity contribution in [1.82, 2.24) is 0 Å². The molecule has 0 spiro atoms. The third-order valence-electron chi connectivity index (χ3n) is 1.83. The van der Waals surface area contributed by atoms with E-state index in [1.165, 1.54) is 12.0 Å². The minimum Gasteiger partial charge on any atom is -0.396 e. The Morgan fingerprint density at radius 3 is 2.54 bits per heavy atom. The van der Waals surface area contributed by atoms with Crippen LogP contribution < -0.4 is 0 Å². The Morgan fingerprint density at radius 2 is 1.85 bits per heavy atom. The zero-order chi connectivity index (χ0) is 9.36. The summed E-state index contributed by atoms with van der Waals surface area (Å²) in [6, 6.07) is 10.5. The fourth-order valence-electron chi connectivity index (χ4n) is 1.19. The van der Waals surface area contributed by atoms with Crippen LogP contribution in [0.1, 0.15) is 12.0 Å². The molecular formula is C11H16OS. The molecule has 0 aromatic heterocycles. The molecule has 1 aromatic carbocycles. The highest BCUT2D eigenvalue weighted by atomic mass is 32.2.